The van der Waals surface area contributed by atoms with E-state index in [1.165, 1.54) is 12.8 Å². The number of pyridine rings is 1. The Hall–Kier alpha value is -1.06. The van der Waals surface area contributed by atoms with Gasteiger partial charge in [0.15, 0.2) is 0 Å². The van der Waals surface area contributed by atoms with E-state index in [9.17, 15) is 0 Å². The van der Waals surface area contributed by atoms with Crippen molar-refractivity contribution in [1.82, 2.24) is 10.3 Å². The van der Waals surface area contributed by atoms with Crippen LogP contribution in [0.25, 0.3) is 0 Å². The van der Waals surface area contributed by atoms with Crippen LogP contribution in [0.2, 0.25) is 0 Å². The van der Waals surface area contributed by atoms with Crippen LogP contribution in [0, 0.1) is 6.92 Å². The summed E-state index contributed by atoms with van der Waals surface area (Å²) in [5, 5.41) is 3.46. The lowest BCUT2D eigenvalue weighted by Gasteiger charge is -2.12. The second-order valence-electron chi connectivity index (χ2n) is 4.80. The zero-order valence-corrected chi connectivity index (χ0v) is 11.6. The van der Waals surface area contributed by atoms with Gasteiger partial charge in [-0.1, -0.05) is 11.6 Å². The molecule has 2 rings (SSSR count). The summed E-state index contributed by atoms with van der Waals surface area (Å²) in [5.41, 5.74) is 4.53. The molecule has 1 heterocycles. The van der Waals surface area contributed by atoms with E-state index in [1.807, 2.05) is 26.0 Å². The highest BCUT2D eigenvalue weighted by Crippen LogP contribution is 2.22. The second kappa shape index (κ2) is 6.21. The molecule has 0 aromatic carbocycles. The number of aryl methyl sites for hydroxylation is 1. The minimum atomic E-state index is 0.505. The van der Waals surface area contributed by atoms with Gasteiger partial charge in [-0.05, 0) is 44.4 Å². The molecule has 0 spiro atoms. The van der Waals surface area contributed by atoms with Crippen LogP contribution in [0.15, 0.2) is 23.2 Å². The Morgan fingerprint density at radius 1 is 1.56 bits per heavy atom. The van der Waals surface area contributed by atoms with Crippen molar-refractivity contribution in [2.75, 3.05) is 6.61 Å². The molecule has 0 aliphatic heterocycles. The normalized spacial score (nSPS) is 15.8. The fraction of sp³-hybridized carbons (Fsp3) is 0.500. The van der Waals surface area contributed by atoms with Crippen LogP contribution in [0.1, 0.15) is 31.2 Å². The molecule has 0 unspecified atom stereocenters. The van der Waals surface area contributed by atoms with E-state index in [0.717, 1.165) is 29.3 Å². The summed E-state index contributed by atoms with van der Waals surface area (Å²) in [4.78, 5) is 4.54. The predicted molar refractivity (Wildman–Crippen MR) is 73.9 cm³/mol. The molecule has 1 saturated carbocycles. The number of nitrogens with one attached hydrogen (secondary N) is 1. The monoisotopic (exact) mass is 266 g/mol. The van der Waals surface area contributed by atoms with Crippen LogP contribution in [0.5, 0.6) is 5.75 Å². The fourth-order valence-electron chi connectivity index (χ4n) is 1.61. The van der Waals surface area contributed by atoms with Gasteiger partial charge in [0.25, 0.3) is 0 Å². The first-order chi connectivity index (χ1) is 8.69. The lowest BCUT2D eigenvalue weighted by atomic mass is 10.2. The van der Waals surface area contributed by atoms with Gasteiger partial charge >= 0.3 is 0 Å². The van der Waals surface area contributed by atoms with Gasteiger partial charge in [-0.2, -0.15) is 0 Å². The Balaban J connectivity index is 2.01. The van der Waals surface area contributed by atoms with Crippen LogP contribution in [-0.2, 0) is 6.54 Å². The van der Waals surface area contributed by atoms with E-state index < -0.39 is 0 Å². The Labute approximate surface area is 113 Å². The zero-order chi connectivity index (χ0) is 13.0. The molecule has 1 aliphatic rings. The van der Waals surface area contributed by atoms with Gasteiger partial charge in [0.05, 0.1) is 5.69 Å². The first-order valence-electron chi connectivity index (χ1n) is 6.27. The van der Waals surface area contributed by atoms with Gasteiger partial charge in [0, 0.05) is 23.8 Å². The van der Waals surface area contributed by atoms with Crippen LogP contribution < -0.4 is 10.1 Å². The van der Waals surface area contributed by atoms with Crippen LogP contribution in [0.3, 0.4) is 0 Å². The molecule has 1 aromatic heterocycles. The average Bonchev–Trinajstić information content (AvgIpc) is 3.18. The molecule has 0 atom stereocenters. The Bertz CT molecular complexity index is 441. The summed E-state index contributed by atoms with van der Waals surface area (Å²) in [5.74, 6) is 0.839. The zero-order valence-electron chi connectivity index (χ0n) is 10.9. The van der Waals surface area contributed by atoms with E-state index >= 15 is 0 Å². The van der Waals surface area contributed by atoms with Crippen molar-refractivity contribution in [3.05, 3.63) is 34.6 Å². The van der Waals surface area contributed by atoms with E-state index in [1.54, 1.807) is 5.54 Å². The maximum Gasteiger partial charge on any atom is 0.142 e. The third kappa shape index (κ3) is 4.00. The molecular weight excluding hydrogens is 248 g/mol. The number of nitrogens with zero attached hydrogens (tertiary/aromatic N) is 1. The SMILES string of the molecule is C/C(=C/Cl)COc1ccc(C)nc1CNC1CC1. The first kappa shape index (κ1) is 13.4. The lowest BCUT2D eigenvalue weighted by molar-refractivity contribution is 0.345. The fourth-order valence-corrected chi connectivity index (χ4v) is 1.67. The molecule has 0 amide bonds. The van der Waals surface area contributed by atoms with Crippen molar-refractivity contribution < 1.29 is 4.74 Å². The first-order valence-corrected chi connectivity index (χ1v) is 6.71. The standard InChI is InChI=1S/C14H19ClN2O/c1-10(7-15)9-18-14-6-3-11(2)17-13(14)8-16-12-4-5-12/h3,6-7,12,16H,4-5,8-9H2,1-2H3/b10-7-. The molecule has 18 heavy (non-hydrogen) atoms. The van der Waals surface area contributed by atoms with E-state index in [4.69, 9.17) is 16.3 Å². The third-order valence-electron chi connectivity index (χ3n) is 2.85. The smallest absolute Gasteiger partial charge is 0.142 e. The molecular formula is C14H19ClN2O. The topological polar surface area (TPSA) is 34.1 Å². The Kier molecular flexibility index (Phi) is 4.61. The van der Waals surface area contributed by atoms with Gasteiger partial charge in [-0.3, -0.25) is 4.98 Å². The second-order valence-corrected chi connectivity index (χ2v) is 5.01. The molecule has 1 N–H and O–H groups in total. The predicted octanol–water partition coefficient (Wildman–Crippen LogP) is 3.16. The van der Waals surface area contributed by atoms with Gasteiger partial charge in [-0.15, -0.1) is 0 Å². The largest absolute Gasteiger partial charge is 0.487 e. The molecule has 1 fully saturated rings. The number of halogens is 1. The molecule has 0 bridgehead atoms. The van der Waals surface area contributed by atoms with E-state index in [2.05, 4.69) is 10.3 Å². The molecule has 4 heteroatoms. The number of hydrogen-bond donors (Lipinski definition) is 1. The highest BCUT2D eigenvalue weighted by Gasteiger charge is 2.21. The maximum absolute atomic E-state index is 5.74. The van der Waals surface area contributed by atoms with Crippen molar-refractivity contribution in [2.45, 2.75) is 39.3 Å². The van der Waals surface area contributed by atoms with Crippen LogP contribution >= 0.6 is 11.6 Å². The molecule has 1 aliphatic carbocycles. The summed E-state index contributed by atoms with van der Waals surface area (Å²) in [6.45, 7) is 5.21. The lowest BCUT2D eigenvalue weighted by Crippen LogP contribution is -2.17. The number of ether oxygens (including phenoxy) is 1. The minimum absolute atomic E-state index is 0.505. The highest BCUT2D eigenvalue weighted by atomic mass is 35.5. The Morgan fingerprint density at radius 3 is 3.00 bits per heavy atom. The molecule has 0 saturated heterocycles. The summed E-state index contributed by atoms with van der Waals surface area (Å²) in [7, 11) is 0. The Morgan fingerprint density at radius 2 is 2.33 bits per heavy atom. The summed E-state index contributed by atoms with van der Waals surface area (Å²) < 4.78 is 5.74. The molecule has 1 aromatic rings. The number of aromatic nitrogens is 1. The third-order valence-corrected chi connectivity index (χ3v) is 3.22. The summed E-state index contributed by atoms with van der Waals surface area (Å²) in [6.07, 6.45) is 2.55. The summed E-state index contributed by atoms with van der Waals surface area (Å²) >= 11 is 5.62. The highest BCUT2D eigenvalue weighted by molar-refractivity contribution is 6.25. The van der Waals surface area contributed by atoms with Gasteiger partial charge < -0.3 is 10.1 Å². The van der Waals surface area contributed by atoms with Gasteiger partial charge in [-0.25, -0.2) is 0 Å². The minimum Gasteiger partial charge on any atom is -0.487 e. The maximum atomic E-state index is 5.74. The van der Waals surface area contributed by atoms with E-state index in [-0.39, 0.29) is 0 Å². The number of rotatable bonds is 6. The molecule has 3 nitrogen and oxygen atoms in total. The summed E-state index contributed by atoms with van der Waals surface area (Å²) in [6, 6.07) is 4.62. The van der Waals surface area contributed by atoms with Gasteiger partial charge in [0.1, 0.15) is 12.4 Å². The van der Waals surface area contributed by atoms with Crippen molar-refractivity contribution >= 4 is 11.6 Å². The number of hydrogen-bond acceptors (Lipinski definition) is 3. The van der Waals surface area contributed by atoms with E-state index in [0.29, 0.717) is 12.6 Å². The van der Waals surface area contributed by atoms with Crippen LogP contribution in [-0.4, -0.2) is 17.6 Å². The van der Waals surface area contributed by atoms with Crippen LogP contribution in [0.4, 0.5) is 0 Å². The molecule has 98 valence electrons. The van der Waals surface area contributed by atoms with Crippen molar-refractivity contribution in [3.63, 3.8) is 0 Å². The van der Waals surface area contributed by atoms with Gasteiger partial charge in [0.2, 0.25) is 0 Å². The van der Waals surface area contributed by atoms with Crippen molar-refractivity contribution in [2.24, 2.45) is 0 Å². The van der Waals surface area contributed by atoms with Crippen molar-refractivity contribution in [1.29, 1.82) is 0 Å². The molecule has 0 radical (unpaired) electrons. The average molecular weight is 267 g/mol. The van der Waals surface area contributed by atoms with Crippen molar-refractivity contribution in [3.8, 4) is 5.75 Å². The quantitative estimate of drug-likeness (QED) is 0.859.